The number of hydrogen-bond donors (Lipinski definition) is 1. The molecule has 1 aliphatic carbocycles. The van der Waals surface area contributed by atoms with Crippen LogP contribution in [0.4, 0.5) is 0 Å². The van der Waals surface area contributed by atoms with E-state index in [9.17, 15) is 0 Å². The van der Waals surface area contributed by atoms with Gasteiger partial charge in [-0.1, -0.05) is 11.6 Å². The molecule has 1 nitrogen and oxygen atoms in total. The van der Waals surface area contributed by atoms with E-state index in [1.165, 1.54) is 17.7 Å². The zero-order valence-corrected chi connectivity index (χ0v) is 8.37. The summed E-state index contributed by atoms with van der Waals surface area (Å²) in [6, 6.07) is 4.08. The van der Waals surface area contributed by atoms with Crippen molar-refractivity contribution in [2.24, 2.45) is 11.7 Å². The van der Waals surface area contributed by atoms with Gasteiger partial charge in [0.1, 0.15) is 0 Å². The lowest BCUT2D eigenvalue weighted by atomic mass is 10.0. The second kappa shape index (κ2) is 3.36. The molecule has 0 saturated heterocycles. The van der Waals surface area contributed by atoms with Crippen LogP contribution in [0.3, 0.4) is 0 Å². The van der Waals surface area contributed by atoms with E-state index in [4.69, 9.17) is 17.3 Å². The second-order valence-electron chi connectivity index (χ2n) is 3.32. The number of hydrogen-bond acceptors (Lipinski definition) is 2. The van der Waals surface area contributed by atoms with Gasteiger partial charge in [0.2, 0.25) is 0 Å². The van der Waals surface area contributed by atoms with Gasteiger partial charge >= 0.3 is 0 Å². The summed E-state index contributed by atoms with van der Waals surface area (Å²) in [6.45, 7) is 0.765. The maximum atomic E-state index is 5.86. The molecule has 0 amide bonds. The highest BCUT2D eigenvalue weighted by Crippen LogP contribution is 2.44. The smallest absolute Gasteiger partial charge is 0.0931 e. The largest absolute Gasteiger partial charge is 0.330 e. The minimum atomic E-state index is 0.572. The van der Waals surface area contributed by atoms with Crippen molar-refractivity contribution in [1.29, 1.82) is 0 Å². The van der Waals surface area contributed by atoms with E-state index in [0.29, 0.717) is 5.92 Å². The summed E-state index contributed by atoms with van der Waals surface area (Å²) >= 11 is 7.54. The van der Waals surface area contributed by atoms with Gasteiger partial charge in [-0.15, -0.1) is 11.3 Å². The maximum Gasteiger partial charge on any atom is 0.0931 e. The van der Waals surface area contributed by atoms with Crippen molar-refractivity contribution in [3.05, 3.63) is 21.3 Å². The Morgan fingerprint density at radius 3 is 2.75 bits per heavy atom. The summed E-state index contributed by atoms with van der Waals surface area (Å²) in [7, 11) is 0. The Labute approximate surface area is 81.5 Å². The molecule has 0 radical (unpaired) electrons. The summed E-state index contributed by atoms with van der Waals surface area (Å²) in [6.07, 6.45) is 2.69. The fourth-order valence-corrected chi connectivity index (χ4v) is 2.83. The highest BCUT2D eigenvalue weighted by atomic mass is 35.5. The first-order chi connectivity index (χ1) is 5.81. The fourth-order valence-electron chi connectivity index (χ4n) is 1.57. The van der Waals surface area contributed by atoms with Crippen LogP contribution in [0.1, 0.15) is 23.6 Å². The van der Waals surface area contributed by atoms with E-state index in [1.54, 1.807) is 11.3 Å². The minimum Gasteiger partial charge on any atom is -0.330 e. The Morgan fingerprint density at radius 2 is 2.33 bits per heavy atom. The first-order valence-corrected chi connectivity index (χ1v) is 5.46. The molecule has 1 aliphatic rings. The Balaban J connectivity index is 2.15. The number of rotatable bonds is 3. The van der Waals surface area contributed by atoms with E-state index in [0.717, 1.165) is 16.8 Å². The summed E-state index contributed by atoms with van der Waals surface area (Å²) in [5.41, 5.74) is 5.72. The number of thiophene rings is 1. The molecule has 2 N–H and O–H groups in total. The third kappa shape index (κ3) is 1.65. The standard InChI is InChI=1S/C9H12ClNS/c10-9-4-3-8(12-9)7(5-11)6-1-2-6/h3-4,6-7H,1-2,5,11H2. The van der Waals surface area contributed by atoms with Crippen LogP contribution in [-0.4, -0.2) is 6.54 Å². The monoisotopic (exact) mass is 201 g/mol. The van der Waals surface area contributed by atoms with Crippen molar-refractivity contribution < 1.29 is 0 Å². The Hall–Kier alpha value is -0.0500. The molecule has 1 aromatic heterocycles. The van der Waals surface area contributed by atoms with Gasteiger partial charge in [0, 0.05) is 17.3 Å². The summed E-state index contributed by atoms with van der Waals surface area (Å²) in [5, 5.41) is 0. The SMILES string of the molecule is NCC(c1ccc(Cl)s1)C1CC1. The lowest BCUT2D eigenvalue weighted by Crippen LogP contribution is -2.12. The van der Waals surface area contributed by atoms with Crippen LogP contribution >= 0.6 is 22.9 Å². The van der Waals surface area contributed by atoms with Crippen LogP contribution in [0.25, 0.3) is 0 Å². The summed E-state index contributed by atoms with van der Waals surface area (Å²) < 4.78 is 0.879. The van der Waals surface area contributed by atoms with Gasteiger partial charge in [0.25, 0.3) is 0 Å². The topological polar surface area (TPSA) is 26.0 Å². The highest BCUT2D eigenvalue weighted by Gasteiger charge is 2.31. The van der Waals surface area contributed by atoms with Crippen LogP contribution < -0.4 is 5.73 Å². The van der Waals surface area contributed by atoms with E-state index in [-0.39, 0.29) is 0 Å². The lowest BCUT2D eigenvalue weighted by Gasteiger charge is -2.10. The van der Waals surface area contributed by atoms with Crippen LogP contribution in [0, 0.1) is 5.92 Å². The molecule has 1 aromatic rings. The van der Waals surface area contributed by atoms with Crippen molar-refractivity contribution in [3.8, 4) is 0 Å². The van der Waals surface area contributed by atoms with E-state index >= 15 is 0 Å². The van der Waals surface area contributed by atoms with Gasteiger partial charge < -0.3 is 5.73 Å². The van der Waals surface area contributed by atoms with Crippen LogP contribution in [0.15, 0.2) is 12.1 Å². The van der Waals surface area contributed by atoms with Crippen molar-refractivity contribution in [1.82, 2.24) is 0 Å². The Kier molecular flexibility index (Phi) is 2.40. The molecule has 0 aromatic carbocycles. The molecule has 0 bridgehead atoms. The predicted molar refractivity (Wildman–Crippen MR) is 53.8 cm³/mol. The van der Waals surface area contributed by atoms with E-state index in [1.807, 2.05) is 6.07 Å². The highest BCUT2D eigenvalue weighted by molar-refractivity contribution is 7.16. The van der Waals surface area contributed by atoms with Gasteiger partial charge in [0.15, 0.2) is 0 Å². The fraction of sp³-hybridized carbons (Fsp3) is 0.556. The molecule has 1 heterocycles. The van der Waals surface area contributed by atoms with E-state index in [2.05, 4.69) is 6.07 Å². The third-order valence-corrected chi connectivity index (χ3v) is 3.77. The summed E-state index contributed by atoms with van der Waals surface area (Å²) in [5.74, 6) is 1.41. The molecule has 0 spiro atoms. The third-order valence-electron chi connectivity index (χ3n) is 2.40. The number of nitrogens with two attached hydrogens (primary N) is 1. The summed E-state index contributed by atoms with van der Waals surface area (Å²) in [4.78, 5) is 1.37. The van der Waals surface area contributed by atoms with E-state index < -0.39 is 0 Å². The maximum absolute atomic E-state index is 5.86. The average Bonchev–Trinajstić information content (AvgIpc) is 2.78. The lowest BCUT2D eigenvalue weighted by molar-refractivity contribution is 0.626. The van der Waals surface area contributed by atoms with Gasteiger partial charge in [-0.05, 0) is 30.9 Å². The molecule has 1 atom stereocenters. The van der Waals surface area contributed by atoms with Gasteiger partial charge in [-0.3, -0.25) is 0 Å². The Bertz CT molecular complexity index is 267. The minimum absolute atomic E-state index is 0.572. The van der Waals surface area contributed by atoms with Crippen molar-refractivity contribution in [3.63, 3.8) is 0 Å². The van der Waals surface area contributed by atoms with Crippen molar-refractivity contribution in [2.45, 2.75) is 18.8 Å². The molecule has 1 saturated carbocycles. The van der Waals surface area contributed by atoms with Crippen molar-refractivity contribution in [2.75, 3.05) is 6.54 Å². The number of halogens is 1. The van der Waals surface area contributed by atoms with Gasteiger partial charge in [-0.2, -0.15) is 0 Å². The first-order valence-electron chi connectivity index (χ1n) is 4.26. The molecule has 0 aliphatic heterocycles. The van der Waals surface area contributed by atoms with Crippen molar-refractivity contribution >= 4 is 22.9 Å². The molecule has 2 rings (SSSR count). The molecular formula is C9H12ClNS. The molecule has 3 heteroatoms. The van der Waals surface area contributed by atoms with Gasteiger partial charge in [-0.25, -0.2) is 0 Å². The first kappa shape index (κ1) is 8.54. The normalized spacial score (nSPS) is 19.5. The predicted octanol–water partition coefficient (Wildman–Crippen LogP) is 2.85. The van der Waals surface area contributed by atoms with Crippen LogP contribution in [0.2, 0.25) is 4.34 Å². The Morgan fingerprint density at radius 1 is 1.58 bits per heavy atom. The molecule has 1 fully saturated rings. The molecular weight excluding hydrogens is 190 g/mol. The van der Waals surface area contributed by atoms with Gasteiger partial charge in [0.05, 0.1) is 4.34 Å². The zero-order valence-electron chi connectivity index (χ0n) is 6.79. The van der Waals surface area contributed by atoms with Crippen LogP contribution in [0.5, 0.6) is 0 Å². The molecule has 12 heavy (non-hydrogen) atoms. The van der Waals surface area contributed by atoms with Crippen LogP contribution in [-0.2, 0) is 0 Å². The molecule has 66 valence electrons. The zero-order chi connectivity index (χ0) is 8.55. The average molecular weight is 202 g/mol. The molecule has 1 unspecified atom stereocenters. The second-order valence-corrected chi connectivity index (χ2v) is 5.07. The quantitative estimate of drug-likeness (QED) is 0.800.